The Labute approximate surface area is 148 Å². The molecule has 25 heavy (non-hydrogen) atoms. The number of anilines is 1. The van der Waals surface area contributed by atoms with Crippen LogP contribution in [0.2, 0.25) is 0 Å². The normalized spacial score (nSPS) is 16.4. The Morgan fingerprint density at radius 1 is 1.28 bits per heavy atom. The first-order chi connectivity index (χ1) is 12.2. The molecule has 0 bridgehead atoms. The van der Waals surface area contributed by atoms with Gasteiger partial charge in [-0.15, -0.1) is 0 Å². The van der Waals surface area contributed by atoms with Crippen LogP contribution in [0.1, 0.15) is 29.2 Å². The van der Waals surface area contributed by atoms with E-state index in [9.17, 15) is 4.79 Å². The lowest BCUT2D eigenvalue weighted by Crippen LogP contribution is -2.45. The third-order valence-corrected chi connectivity index (χ3v) is 5.10. The van der Waals surface area contributed by atoms with Gasteiger partial charge in [-0.3, -0.25) is 0 Å². The number of carbonyl (C=O) groups excluding carboxylic acids is 1. The van der Waals surface area contributed by atoms with Crippen molar-refractivity contribution in [2.75, 3.05) is 31.1 Å². The maximum Gasteiger partial charge on any atom is 0.317 e. The fraction of sp³-hybridized carbons (Fsp3) is 0.474. The number of nitrogens with one attached hydrogen (secondary N) is 2. The Bertz CT molecular complexity index is 769. The SMILES string of the molecule is Cc1nc2c([nH]1)CN(C(=O)NCCN1CCCc3ccccc31)CC2. The van der Waals surface area contributed by atoms with E-state index in [-0.39, 0.29) is 6.03 Å². The number of hydrogen-bond donors (Lipinski definition) is 2. The number of urea groups is 1. The Kier molecular flexibility index (Phi) is 4.34. The van der Waals surface area contributed by atoms with E-state index in [0.717, 1.165) is 49.7 Å². The number of rotatable bonds is 3. The van der Waals surface area contributed by atoms with Gasteiger partial charge < -0.3 is 20.1 Å². The number of imidazole rings is 1. The first-order valence-electron chi connectivity index (χ1n) is 9.11. The van der Waals surface area contributed by atoms with Crippen molar-refractivity contribution in [2.45, 2.75) is 32.7 Å². The number of carbonyl (C=O) groups is 1. The zero-order valence-electron chi connectivity index (χ0n) is 14.7. The average molecular weight is 339 g/mol. The Balaban J connectivity index is 1.30. The van der Waals surface area contributed by atoms with Gasteiger partial charge in [-0.05, 0) is 31.4 Å². The Hall–Kier alpha value is -2.50. The van der Waals surface area contributed by atoms with E-state index in [2.05, 4.69) is 44.5 Å². The van der Waals surface area contributed by atoms with Crippen molar-refractivity contribution in [1.29, 1.82) is 0 Å². The number of hydrogen-bond acceptors (Lipinski definition) is 3. The molecular formula is C19H25N5O. The van der Waals surface area contributed by atoms with Crippen LogP contribution in [0.3, 0.4) is 0 Å². The number of fused-ring (bicyclic) bond motifs is 2. The standard InChI is InChI=1S/C19H25N5O/c1-14-21-16-8-11-24(13-17(16)22-14)19(25)20-9-12-23-10-4-6-15-5-2-3-7-18(15)23/h2-3,5,7H,4,6,8-13H2,1H3,(H,20,25)(H,21,22). The van der Waals surface area contributed by atoms with Crippen LogP contribution in [0.4, 0.5) is 10.5 Å². The highest BCUT2D eigenvalue weighted by Gasteiger charge is 2.23. The average Bonchev–Trinajstić information content (AvgIpc) is 3.01. The van der Waals surface area contributed by atoms with Gasteiger partial charge in [0.2, 0.25) is 0 Å². The van der Waals surface area contributed by atoms with Crippen molar-refractivity contribution in [1.82, 2.24) is 20.2 Å². The molecule has 1 aromatic heterocycles. The smallest absolute Gasteiger partial charge is 0.317 e. The lowest BCUT2D eigenvalue weighted by molar-refractivity contribution is 0.191. The van der Waals surface area contributed by atoms with Crippen LogP contribution in [0.25, 0.3) is 0 Å². The molecule has 2 amide bonds. The monoisotopic (exact) mass is 339 g/mol. The third-order valence-electron chi connectivity index (χ3n) is 5.10. The number of aromatic amines is 1. The first kappa shape index (κ1) is 16.0. The van der Waals surface area contributed by atoms with E-state index in [1.165, 1.54) is 17.7 Å². The number of aryl methyl sites for hydroxylation is 2. The quantitative estimate of drug-likeness (QED) is 0.901. The molecule has 6 heteroatoms. The molecule has 0 spiro atoms. The molecule has 2 aliphatic rings. The van der Waals surface area contributed by atoms with Crippen LogP contribution in [-0.2, 0) is 19.4 Å². The minimum atomic E-state index is 0.0168. The van der Waals surface area contributed by atoms with E-state index in [1.807, 2.05) is 11.8 Å². The molecule has 4 rings (SSSR count). The maximum absolute atomic E-state index is 12.5. The lowest BCUT2D eigenvalue weighted by atomic mass is 10.0. The van der Waals surface area contributed by atoms with Gasteiger partial charge >= 0.3 is 6.03 Å². The van der Waals surface area contributed by atoms with E-state index < -0.39 is 0 Å². The zero-order chi connectivity index (χ0) is 17.2. The van der Waals surface area contributed by atoms with Gasteiger partial charge in [-0.1, -0.05) is 18.2 Å². The molecule has 0 aliphatic carbocycles. The lowest BCUT2D eigenvalue weighted by Gasteiger charge is -2.32. The molecule has 2 aromatic rings. The molecule has 0 saturated carbocycles. The van der Waals surface area contributed by atoms with Crippen LogP contribution in [0, 0.1) is 6.92 Å². The summed E-state index contributed by atoms with van der Waals surface area (Å²) >= 11 is 0. The minimum Gasteiger partial charge on any atom is -0.370 e. The molecule has 2 aliphatic heterocycles. The van der Waals surface area contributed by atoms with Gasteiger partial charge in [0.05, 0.1) is 17.9 Å². The van der Waals surface area contributed by atoms with Crippen LogP contribution in [0.5, 0.6) is 0 Å². The topological polar surface area (TPSA) is 64.3 Å². The second-order valence-corrected chi connectivity index (χ2v) is 6.87. The summed E-state index contributed by atoms with van der Waals surface area (Å²) in [5.41, 5.74) is 4.91. The molecule has 132 valence electrons. The minimum absolute atomic E-state index is 0.0168. The van der Waals surface area contributed by atoms with E-state index in [1.54, 1.807) is 0 Å². The second-order valence-electron chi connectivity index (χ2n) is 6.87. The second kappa shape index (κ2) is 6.78. The maximum atomic E-state index is 12.5. The summed E-state index contributed by atoms with van der Waals surface area (Å²) in [5, 5.41) is 3.08. The van der Waals surface area contributed by atoms with Crippen molar-refractivity contribution in [2.24, 2.45) is 0 Å². The number of amides is 2. The third kappa shape index (κ3) is 3.34. The van der Waals surface area contributed by atoms with Crippen molar-refractivity contribution < 1.29 is 4.79 Å². The number of nitrogens with zero attached hydrogens (tertiary/aromatic N) is 3. The van der Waals surface area contributed by atoms with Gasteiger partial charge in [0.25, 0.3) is 0 Å². The molecule has 1 aromatic carbocycles. The van der Waals surface area contributed by atoms with Gasteiger partial charge in [-0.25, -0.2) is 9.78 Å². The predicted molar refractivity (Wildman–Crippen MR) is 97.8 cm³/mol. The summed E-state index contributed by atoms with van der Waals surface area (Å²) in [6, 6.07) is 8.60. The molecule has 0 unspecified atom stereocenters. The fourth-order valence-electron chi connectivity index (χ4n) is 3.86. The Morgan fingerprint density at radius 3 is 3.08 bits per heavy atom. The zero-order valence-corrected chi connectivity index (χ0v) is 14.7. The van der Waals surface area contributed by atoms with E-state index in [4.69, 9.17) is 0 Å². The summed E-state index contributed by atoms with van der Waals surface area (Å²) in [5.74, 6) is 0.927. The van der Waals surface area contributed by atoms with Crippen LogP contribution >= 0.6 is 0 Å². The number of H-pyrrole nitrogens is 1. The summed E-state index contributed by atoms with van der Waals surface area (Å²) in [6.45, 7) is 5.89. The highest BCUT2D eigenvalue weighted by Crippen LogP contribution is 2.26. The fourth-order valence-corrected chi connectivity index (χ4v) is 3.86. The number of benzene rings is 1. The van der Waals surface area contributed by atoms with Gasteiger partial charge in [-0.2, -0.15) is 0 Å². The van der Waals surface area contributed by atoms with Crippen molar-refractivity contribution >= 4 is 11.7 Å². The molecule has 0 saturated heterocycles. The van der Waals surface area contributed by atoms with Gasteiger partial charge in [0.15, 0.2) is 0 Å². The highest BCUT2D eigenvalue weighted by atomic mass is 16.2. The van der Waals surface area contributed by atoms with Crippen LogP contribution in [-0.4, -0.2) is 47.1 Å². The Morgan fingerprint density at radius 2 is 2.16 bits per heavy atom. The molecule has 6 nitrogen and oxygen atoms in total. The summed E-state index contributed by atoms with van der Waals surface area (Å²) in [6.07, 6.45) is 3.16. The number of para-hydroxylation sites is 1. The van der Waals surface area contributed by atoms with Crippen molar-refractivity contribution in [3.8, 4) is 0 Å². The predicted octanol–water partition coefficient (Wildman–Crippen LogP) is 2.24. The molecule has 3 heterocycles. The number of aromatic nitrogens is 2. The largest absolute Gasteiger partial charge is 0.370 e. The molecule has 0 atom stereocenters. The van der Waals surface area contributed by atoms with Crippen molar-refractivity contribution in [3.05, 3.63) is 47.0 Å². The summed E-state index contributed by atoms with van der Waals surface area (Å²) in [4.78, 5) is 24.4. The molecule has 0 fully saturated rings. The summed E-state index contributed by atoms with van der Waals surface area (Å²) in [7, 11) is 0. The van der Waals surface area contributed by atoms with Gasteiger partial charge in [0, 0.05) is 38.3 Å². The van der Waals surface area contributed by atoms with E-state index in [0.29, 0.717) is 13.1 Å². The first-order valence-corrected chi connectivity index (χ1v) is 9.11. The molecule has 2 N–H and O–H groups in total. The van der Waals surface area contributed by atoms with Gasteiger partial charge in [0.1, 0.15) is 5.82 Å². The molecule has 0 radical (unpaired) electrons. The molecular weight excluding hydrogens is 314 g/mol. The van der Waals surface area contributed by atoms with E-state index >= 15 is 0 Å². The van der Waals surface area contributed by atoms with Crippen LogP contribution < -0.4 is 10.2 Å². The highest BCUT2D eigenvalue weighted by molar-refractivity contribution is 5.74. The van der Waals surface area contributed by atoms with Crippen molar-refractivity contribution in [3.63, 3.8) is 0 Å². The summed E-state index contributed by atoms with van der Waals surface area (Å²) < 4.78 is 0. The van der Waals surface area contributed by atoms with Crippen LogP contribution in [0.15, 0.2) is 24.3 Å².